The molecule has 0 saturated carbocycles. The molecule has 1 heterocycles. The topological polar surface area (TPSA) is 60.0 Å². The quantitative estimate of drug-likeness (QED) is 0.841. The van der Waals surface area contributed by atoms with Crippen LogP contribution in [0, 0.1) is 0 Å². The minimum absolute atomic E-state index is 0.0785. The van der Waals surface area contributed by atoms with Crippen LogP contribution in [0.3, 0.4) is 0 Å². The van der Waals surface area contributed by atoms with E-state index in [0.29, 0.717) is 24.5 Å². The van der Waals surface area contributed by atoms with Crippen molar-refractivity contribution in [2.24, 2.45) is 0 Å². The van der Waals surface area contributed by atoms with Gasteiger partial charge in [-0.3, -0.25) is 0 Å². The Balaban J connectivity index is 2.38. The molecule has 0 bridgehead atoms. The van der Waals surface area contributed by atoms with E-state index >= 15 is 0 Å². The number of β-amino-alcohol motifs (C(OH)–C–C–N with tert-alkyl or cyclic N) is 1. The summed E-state index contributed by atoms with van der Waals surface area (Å²) in [6, 6.07) is 3.78. The van der Waals surface area contributed by atoms with Crippen LogP contribution in [0.1, 0.15) is 18.0 Å². The summed E-state index contributed by atoms with van der Waals surface area (Å²) in [7, 11) is 4.82. The number of hydrogen-bond acceptors (Lipinski definition) is 5. The third-order valence-corrected chi connectivity index (χ3v) is 3.22. The first-order valence-electron chi connectivity index (χ1n) is 5.91. The number of aliphatic hydroxyl groups is 1. The Morgan fingerprint density at radius 1 is 1.06 bits per heavy atom. The van der Waals surface area contributed by atoms with Crippen LogP contribution in [-0.2, 0) is 0 Å². The number of nitrogens with one attached hydrogen (secondary N) is 1. The number of methoxy groups -OCH3 is 3. The lowest BCUT2D eigenvalue weighted by Gasteiger charge is -2.18. The molecule has 0 aromatic heterocycles. The van der Waals surface area contributed by atoms with Gasteiger partial charge in [-0.15, -0.1) is 0 Å². The zero-order chi connectivity index (χ0) is 13.1. The first kappa shape index (κ1) is 13.0. The molecule has 1 aliphatic heterocycles. The van der Waals surface area contributed by atoms with E-state index in [2.05, 4.69) is 5.32 Å². The van der Waals surface area contributed by atoms with Crippen LogP contribution >= 0.6 is 0 Å². The maximum atomic E-state index is 9.59. The van der Waals surface area contributed by atoms with Gasteiger partial charge < -0.3 is 24.6 Å². The smallest absolute Gasteiger partial charge is 0.164 e. The Labute approximate surface area is 107 Å². The minimum atomic E-state index is -0.312. The molecule has 0 amide bonds. The summed E-state index contributed by atoms with van der Waals surface area (Å²) in [5.41, 5.74) is 0.978. The molecule has 18 heavy (non-hydrogen) atoms. The summed E-state index contributed by atoms with van der Waals surface area (Å²) in [4.78, 5) is 0. The van der Waals surface area contributed by atoms with Crippen LogP contribution in [0.4, 0.5) is 0 Å². The van der Waals surface area contributed by atoms with E-state index in [-0.39, 0.29) is 12.1 Å². The Morgan fingerprint density at radius 2 is 1.67 bits per heavy atom. The molecule has 5 nitrogen and oxygen atoms in total. The van der Waals surface area contributed by atoms with Crippen molar-refractivity contribution in [1.82, 2.24) is 5.32 Å². The molecule has 2 N–H and O–H groups in total. The molecule has 2 rings (SSSR count). The van der Waals surface area contributed by atoms with Crippen molar-refractivity contribution < 1.29 is 19.3 Å². The summed E-state index contributed by atoms with van der Waals surface area (Å²) in [6.07, 6.45) is 0.360. The minimum Gasteiger partial charge on any atom is -0.496 e. The SMILES string of the molecule is COc1cc(OC)c(C2CC(O)CN2)cc1OC. The summed E-state index contributed by atoms with van der Waals surface area (Å²) in [5.74, 6) is 2.03. The third-order valence-electron chi connectivity index (χ3n) is 3.22. The van der Waals surface area contributed by atoms with E-state index in [9.17, 15) is 5.11 Å². The Bertz CT molecular complexity index is 422. The van der Waals surface area contributed by atoms with Gasteiger partial charge in [0, 0.05) is 24.2 Å². The average Bonchev–Trinajstić information content (AvgIpc) is 2.83. The molecular formula is C13H19NO4. The van der Waals surface area contributed by atoms with E-state index in [1.807, 2.05) is 6.07 Å². The van der Waals surface area contributed by atoms with Crippen LogP contribution in [0.5, 0.6) is 17.2 Å². The molecular weight excluding hydrogens is 234 g/mol. The lowest BCUT2D eigenvalue weighted by Crippen LogP contribution is -2.15. The first-order valence-corrected chi connectivity index (χ1v) is 5.91. The van der Waals surface area contributed by atoms with Gasteiger partial charge in [0.1, 0.15) is 5.75 Å². The lowest BCUT2D eigenvalue weighted by molar-refractivity contribution is 0.193. The van der Waals surface area contributed by atoms with Crippen molar-refractivity contribution in [3.8, 4) is 17.2 Å². The highest BCUT2D eigenvalue weighted by Gasteiger charge is 2.27. The fourth-order valence-corrected chi connectivity index (χ4v) is 2.28. The second-order valence-electron chi connectivity index (χ2n) is 4.30. The molecule has 2 unspecified atom stereocenters. The van der Waals surface area contributed by atoms with Crippen LogP contribution in [0.2, 0.25) is 0 Å². The van der Waals surface area contributed by atoms with Gasteiger partial charge in [0.15, 0.2) is 11.5 Å². The molecule has 1 saturated heterocycles. The highest BCUT2D eigenvalue weighted by atomic mass is 16.5. The van der Waals surface area contributed by atoms with E-state index in [0.717, 1.165) is 11.3 Å². The van der Waals surface area contributed by atoms with Crippen molar-refractivity contribution >= 4 is 0 Å². The maximum Gasteiger partial charge on any atom is 0.164 e. The third kappa shape index (κ3) is 2.37. The molecule has 100 valence electrons. The predicted octanol–water partition coefficient (Wildman–Crippen LogP) is 1.11. The molecule has 0 radical (unpaired) electrons. The van der Waals surface area contributed by atoms with Gasteiger partial charge in [-0.2, -0.15) is 0 Å². The van der Waals surface area contributed by atoms with Crippen molar-refractivity contribution in [3.63, 3.8) is 0 Å². The summed E-state index contributed by atoms with van der Waals surface area (Å²) < 4.78 is 15.9. The normalized spacial score (nSPS) is 22.9. The van der Waals surface area contributed by atoms with Gasteiger partial charge in [-0.05, 0) is 12.5 Å². The standard InChI is InChI=1S/C13H19NO4/c1-16-11-6-13(18-3)12(17-2)5-9(11)10-4-8(15)7-14-10/h5-6,8,10,14-15H,4,7H2,1-3H3. The van der Waals surface area contributed by atoms with Crippen LogP contribution in [-0.4, -0.2) is 39.1 Å². The average molecular weight is 253 g/mol. The fraction of sp³-hybridized carbons (Fsp3) is 0.538. The van der Waals surface area contributed by atoms with Crippen LogP contribution in [0.15, 0.2) is 12.1 Å². The maximum absolute atomic E-state index is 9.59. The van der Waals surface area contributed by atoms with Gasteiger partial charge in [-0.1, -0.05) is 0 Å². The van der Waals surface area contributed by atoms with Gasteiger partial charge in [0.2, 0.25) is 0 Å². The number of rotatable bonds is 4. The Morgan fingerprint density at radius 3 is 2.17 bits per heavy atom. The highest BCUT2D eigenvalue weighted by Crippen LogP contribution is 2.39. The van der Waals surface area contributed by atoms with E-state index in [4.69, 9.17) is 14.2 Å². The first-order chi connectivity index (χ1) is 8.69. The fourth-order valence-electron chi connectivity index (χ4n) is 2.28. The molecule has 1 aromatic carbocycles. The molecule has 0 spiro atoms. The largest absolute Gasteiger partial charge is 0.496 e. The van der Waals surface area contributed by atoms with Crippen molar-refractivity contribution in [1.29, 1.82) is 0 Å². The zero-order valence-electron chi connectivity index (χ0n) is 10.9. The number of hydrogen-bond donors (Lipinski definition) is 2. The van der Waals surface area contributed by atoms with Crippen molar-refractivity contribution in [2.75, 3.05) is 27.9 Å². The van der Waals surface area contributed by atoms with Crippen LogP contribution in [0.25, 0.3) is 0 Å². The predicted molar refractivity (Wildman–Crippen MR) is 67.5 cm³/mol. The van der Waals surface area contributed by atoms with Crippen molar-refractivity contribution in [3.05, 3.63) is 17.7 Å². The van der Waals surface area contributed by atoms with Crippen LogP contribution < -0.4 is 19.5 Å². The zero-order valence-corrected chi connectivity index (χ0v) is 10.9. The summed E-state index contributed by atoms with van der Waals surface area (Å²) >= 11 is 0. The monoisotopic (exact) mass is 253 g/mol. The highest BCUT2D eigenvalue weighted by molar-refractivity contribution is 5.52. The lowest BCUT2D eigenvalue weighted by atomic mass is 10.0. The molecule has 1 aliphatic rings. The van der Waals surface area contributed by atoms with E-state index in [1.54, 1.807) is 27.4 Å². The molecule has 1 aromatic rings. The second-order valence-corrected chi connectivity index (χ2v) is 4.30. The second kappa shape index (κ2) is 5.46. The van der Waals surface area contributed by atoms with Crippen molar-refractivity contribution in [2.45, 2.75) is 18.6 Å². The molecule has 0 aliphatic carbocycles. The van der Waals surface area contributed by atoms with Gasteiger partial charge >= 0.3 is 0 Å². The van der Waals surface area contributed by atoms with E-state index < -0.39 is 0 Å². The Kier molecular flexibility index (Phi) is 3.93. The van der Waals surface area contributed by atoms with E-state index in [1.165, 1.54) is 0 Å². The number of aliphatic hydroxyl groups excluding tert-OH is 1. The Hall–Kier alpha value is -1.46. The molecule has 2 atom stereocenters. The molecule has 1 fully saturated rings. The summed E-state index contributed by atoms with van der Waals surface area (Å²) in [5, 5.41) is 12.9. The van der Waals surface area contributed by atoms with Gasteiger partial charge in [-0.25, -0.2) is 0 Å². The number of benzene rings is 1. The molecule has 5 heteroatoms. The number of ether oxygens (including phenoxy) is 3. The summed E-state index contributed by atoms with van der Waals surface area (Å²) in [6.45, 7) is 0.599. The van der Waals surface area contributed by atoms with Gasteiger partial charge in [0.05, 0.1) is 27.4 Å². The van der Waals surface area contributed by atoms with Gasteiger partial charge in [0.25, 0.3) is 0 Å².